The van der Waals surface area contributed by atoms with Gasteiger partial charge in [0.15, 0.2) is 0 Å². The Bertz CT molecular complexity index is 999. The van der Waals surface area contributed by atoms with Crippen LogP contribution in [0.4, 0.5) is 5.69 Å². The zero-order valence-corrected chi connectivity index (χ0v) is 16.0. The lowest BCUT2D eigenvalue weighted by Crippen LogP contribution is -2.12. The Kier molecular flexibility index (Phi) is 4.99. The van der Waals surface area contributed by atoms with E-state index in [0.29, 0.717) is 12.2 Å². The molecule has 4 rings (SSSR count). The van der Waals surface area contributed by atoms with Gasteiger partial charge in [-0.05, 0) is 74.6 Å². The minimum absolute atomic E-state index is 0.170. The maximum atomic E-state index is 12.6. The first-order chi connectivity index (χ1) is 13.2. The highest BCUT2D eigenvalue weighted by molar-refractivity contribution is 6.36. The van der Waals surface area contributed by atoms with Crippen molar-refractivity contribution in [2.45, 2.75) is 32.6 Å². The molecule has 5 heteroatoms. The second kappa shape index (κ2) is 7.57. The summed E-state index contributed by atoms with van der Waals surface area (Å²) in [5.74, 6) is 0.613. The summed E-state index contributed by atoms with van der Waals surface area (Å²) in [6.07, 6.45) is 4.23. The quantitative estimate of drug-likeness (QED) is 0.657. The molecule has 0 bridgehead atoms. The van der Waals surface area contributed by atoms with Crippen molar-refractivity contribution in [2.24, 2.45) is 0 Å². The van der Waals surface area contributed by atoms with Crippen LogP contribution in [0.1, 0.15) is 41.4 Å². The fraction of sp³-hybridized carbons (Fsp3) is 0.273. The van der Waals surface area contributed by atoms with E-state index >= 15 is 0 Å². The molecule has 1 N–H and O–H groups in total. The number of carbonyl (C=O) groups excluding carboxylic acids is 1. The predicted octanol–water partition coefficient (Wildman–Crippen LogP) is 5.42. The van der Waals surface area contributed by atoms with Gasteiger partial charge in [0.1, 0.15) is 5.75 Å². The molecule has 1 amide bonds. The van der Waals surface area contributed by atoms with Crippen LogP contribution in [0.15, 0.2) is 42.5 Å². The first kappa shape index (κ1) is 17.8. The van der Waals surface area contributed by atoms with Crippen LogP contribution < -0.4 is 10.1 Å². The van der Waals surface area contributed by atoms with E-state index in [1.807, 2.05) is 43.3 Å². The molecule has 138 valence electrons. The van der Waals surface area contributed by atoms with Crippen LogP contribution in [0.3, 0.4) is 0 Å². The maximum absolute atomic E-state index is 12.6. The summed E-state index contributed by atoms with van der Waals surface area (Å²) in [6.45, 7) is 2.55. The fourth-order valence-electron chi connectivity index (χ4n) is 3.51. The fourth-order valence-corrected chi connectivity index (χ4v) is 3.88. The monoisotopic (exact) mass is 380 g/mol. The number of amides is 1. The number of ether oxygens (including phenoxy) is 1. The Hall–Kier alpha value is -2.59. The average molecular weight is 381 g/mol. The van der Waals surface area contributed by atoms with E-state index in [4.69, 9.17) is 21.3 Å². The summed E-state index contributed by atoms with van der Waals surface area (Å²) >= 11 is 6.61. The molecule has 1 aliphatic carbocycles. The molecule has 2 aromatic carbocycles. The molecule has 0 aliphatic heterocycles. The van der Waals surface area contributed by atoms with Gasteiger partial charge < -0.3 is 10.1 Å². The van der Waals surface area contributed by atoms with E-state index in [0.717, 1.165) is 58.7 Å². The van der Waals surface area contributed by atoms with Crippen LogP contribution in [0, 0.1) is 0 Å². The summed E-state index contributed by atoms with van der Waals surface area (Å²) < 4.78 is 5.42. The van der Waals surface area contributed by atoms with Gasteiger partial charge in [-0.3, -0.25) is 9.78 Å². The summed E-state index contributed by atoms with van der Waals surface area (Å²) in [4.78, 5) is 17.4. The molecule has 0 saturated heterocycles. The van der Waals surface area contributed by atoms with Gasteiger partial charge in [-0.1, -0.05) is 17.7 Å². The van der Waals surface area contributed by atoms with Crippen molar-refractivity contribution in [3.05, 3.63) is 64.3 Å². The van der Waals surface area contributed by atoms with Crippen molar-refractivity contribution in [3.63, 3.8) is 0 Å². The molecular formula is C22H21ClN2O2. The molecule has 0 spiro atoms. The minimum atomic E-state index is -0.170. The van der Waals surface area contributed by atoms with E-state index in [1.165, 1.54) is 5.56 Å². The number of fused-ring (bicyclic) bond motifs is 2. The first-order valence-corrected chi connectivity index (χ1v) is 9.68. The lowest BCUT2D eigenvalue weighted by atomic mass is 9.94. The van der Waals surface area contributed by atoms with Gasteiger partial charge >= 0.3 is 0 Å². The number of benzene rings is 2. The second-order valence-electron chi connectivity index (χ2n) is 6.70. The number of rotatable bonds is 4. The number of nitrogens with one attached hydrogen (secondary N) is 1. The van der Waals surface area contributed by atoms with Gasteiger partial charge in [0, 0.05) is 22.3 Å². The van der Waals surface area contributed by atoms with Gasteiger partial charge in [-0.15, -0.1) is 0 Å². The highest BCUT2D eigenvalue weighted by atomic mass is 35.5. The highest BCUT2D eigenvalue weighted by Crippen LogP contribution is 2.33. The smallest absolute Gasteiger partial charge is 0.255 e. The number of hydrogen-bond donors (Lipinski definition) is 1. The normalized spacial score (nSPS) is 13.3. The first-order valence-electron chi connectivity index (χ1n) is 9.31. The standard InChI is InChI=1S/C22H21ClN2O2/c1-2-27-16-10-8-15(9-11-16)24-22(26)14-7-12-18-20(13-14)25-19-6-4-3-5-17(19)21(18)23/h7-13H,2-6H2,1H3,(H,24,26). The molecule has 4 nitrogen and oxygen atoms in total. The van der Waals surface area contributed by atoms with Crippen molar-refractivity contribution in [2.75, 3.05) is 11.9 Å². The van der Waals surface area contributed by atoms with Gasteiger partial charge in [0.05, 0.1) is 17.1 Å². The van der Waals surface area contributed by atoms with Crippen LogP contribution in [0.2, 0.25) is 5.02 Å². The van der Waals surface area contributed by atoms with Gasteiger partial charge in [-0.2, -0.15) is 0 Å². The third kappa shape index (κ3) is 3.62. The van der Waals surface area contributed by atoms with Gasteiger partial charge in [0.25, 0.3) is 5.91 Å². The van der Waals surface area contributed by atoms with Crippen LogP contribution in [-0.2, 0) is 12.8 Å². The summed E-state index contributed by atoms with van der Waals surface area (Å²) in [6, 6.07) is 12.9. The summed E-state index contributed by atoms with van der Waals surface area (Å²) in [7, 11) is 0. The van der Waals surface area contributed by atoms with Gasteiger partial charge in [0.2, 0.25) is 0 Å². The molecule has 0 saturated carbocycles. The minimum Gasteiger partial charge on any atom is -0.494 e. The van der Waals surface area contributed by atoms with Crippen LogP contribution in [-0.4, -0.2) is 17.5 Å². The number of aryl methyl sites for hydroxylation is 1. The summed E-state index contributed by atoms with van der Waals surface area (Å²) in [5.41, 5.74) is 4.31. The molecule has 3 aromatic rings. The molecule has 0 radical (unpaired) electrons. The van der Waals surface area contributed by atoms with Gasteiger partial charge in [-0.25, -0.2) is 0 Å². The van der Waals surface area contributed by atoms with Crippen molar-refractivity contribution < 1.29 is 9.53 Å². The number of halogens is 1. The van der Waals surface area contributed by atoms with E-state index in [2.05, 4.69) is 5.32 Å². The van der Waals surface area contributed by atoms with Crippen molar-refractivity contribution in [1.29, 1.82) is 0 Å². The van der Waals surface area contributed by atoms with Crippen molar-refractivity contribution >= 4 is 34.1 Å². The van der Waals surface area contributed by atoms with Crippen molar-refractivity contribution in [1.82, 2.24) is 4.98 Å². The Morgan fingerprint density at radius 3 is 2.70 bits per heavy atom. The third-order valence-electron chi connectivity index (χ3n) is 4.88. The lowest BCUT2D eigenvalue weighted by Gasteiger charge is -2.18. The largest absolute Gasteiger partial charge is 0.494 e. The number of pyridine rings is 1. The van der Waals surface area contributed by atoms with Crippen molar-refractivity contribution in [3.8, 4) is 5.75 Å². The van der Waals surface area contributed by atoms with E-state index < -0.39 is 0 Å². The molecule has 0 unspecified atom stereocenters. The Labute approximate surface area is 163 Å². The SMILES string of the molecule is CCOc1ccc(NC(=O)c2ccc3c(Cl)c4c(nc3c2)CCCC4)cc1. The number of nitrogens with zero attached hydrogens (tertiary/aromatic N) is 1. The molecule has 1 aromatic heterocycles. The van der Waals surface area contributed by atoms with E-state index in [9.17, 15) is 4.79 Å². The third-order valence-corrected chi connectivity index (χ3v) is 5.31. The zero-order chi connectivity index (χ0) is 18.8. The highest BCUT2D eigenvalue weighted by Gasteiger charge is 2.18. The molecular weight excluding hydrogens is 360 g/mol. The average Bonchev–Trinajstić information content (AvgIpc) is 2.69. The van der Waals surface area contributed by atoms with Crippen LogP contribution >= 0.6 is 11.6 Å². The van der Waals surface area contributed by atoms with E-state index in [1.54, 1.807) is 6.07 Å². The Balaban J connectivity index is 1.60. The number of carbonyl (C=O) groups is 1. The second-order valence-corrected chi connectivity index (χ2v) is 7.08. The number of aromatic nitrogens is 1. The maximum Gasteiger partial charge on any atom is 0.255 e. The Morgan fingerprint density at radius 2 is 1.93 bits per heavy atom. The van der Waals surface area contributed by atoms with Crippen LogP contribution in [0.5, 0.6) is 5.75 Å². The van der Waals surface area contributed by atoms with Crippen LogP contribution in [0.25, 0.3) is 10.9 Å². The zero-order valence-electron chi connectivity index (χ0n) is 15.2. The number of anilines is 1. The molecule has 1 heterocycles. The molecule has 0 atom stereocenters. The number of hydrogen-bond acceptors (Lipinski definition) is 3. The Morgan fingerprint density at radius 1 is 1.15 bits per heavy atom. The molecule has 1 aliphatic rings. The topological polar surface area (TPSA) is 51.2 Å². The lowest BCUT2D eigenvalue weighted by molar-refractivity contribution is 0.102. The predicted molar refractivity (Wildman–Crippen MR) is 109 cm³/mol. The summed E-state index contributed by atoms with van der Waals surface area (Å²) in [5, 5.41) is 4.61. The molecule has 0 fully saturated rings. The van der Waals surface area contributed by atoms with E-state index in [-0.39, 0.29) is 5.91 Å². The molecule has 27 heavy (non-hydrogen) atoms.